The number of thioether (sulfide) groups is 1. The fourth-order valence-corrected chi connectivity index (χ4v) is 4.13. The van der Waals surface area contributed by atoms with Crippen molar-refractivity contribution in [2.24, 2.45) is 5.73 Å². The maximum Gasteiger partial charge on any atom is 0.265 e. The number of nitrogens with two attached hydrogens (primary N) is 1. The van der Waals surface area contributed by atoms with E-state index in [4.69, 9.17) is 17.3 Å². The summed E-state index contributed by atoms with van der Waals surface area (Å²) in [5.41, 5.74) is 6.43. The van der Waals surface area contributed by atoms with E-state index in [1.807, 2.05) is 16.7 Å². The zero-order chi connectivity index (χ0) is 22.4. The highest BCUT2D eigenvalue weighted by molar-refractivity contribution is 7.99. The van der Waals surface area contributed by atoms with Crippen LogP contribution in [0.1, 0.15) is 22.5 Å². The Bertz CT molecular complexity index is 1090. The highest BCUT2D eigenvalue weighted by Crippen LogP contribution is 2.17. The summed E-state index contributed by atoms with van der Waals surface area (Å²) < 4.78 is 26.1. The molecule has 6 nitrogen and oxygen atoms in total. The number of nitrogens with one attached hydrogen (secondary N) is 1. The Morgan fingerprint density at radius 3 is 2.61 bits per heavy atom. The van der Waals surface area contributed by atoms with Crippen LogP contribution in [0.5, 0.6) is 0 Å². The van der Waals surface area contributed by atoms with Gasteiger partial charge in [-0.15, -0.1) is 0 Å². The molecule has 1 fully saturated rings. The van der Waals surface area contributed by atoms with Gasteiger partial charge in [0, 0.05) is 48.7 Å². The van der Waals surface area contributed by atoms with E-state index in [-0.39, 0.29) is 12.3 Å². The van der Waals surface area contributed by atoms with Gasteiger partial charge in [0.2, 0.25) is 5.91 Å². The third-order valence-electron chi connectivity index (χ3n) is 4.69. The van der Waals surface area contributed by atoms with E-state index in [0.29, 0.717) is 28.3 Å². The van der Waals surface area contributed by atoms with Crippen LogP contribution in [0.15, 0.2) is 36.5 Å². The number of H-pyrrole nitrogens is 1. The number of hydrogen-bond donors (Lipinski definition) is 2. The van der Waals surface area contributed by atoms with Crippen LogP contribution in [0, 0.1) is 11.6 Å². The van der Waals surface area contributed by atoms with Crippen LogP contribution < -0.4 is 5.73 Å². The Labute approximate surface area is 187 Å². The van der Waals surface area contributed by atoms with Gasteiger partial charge in [-0.2, -0.15) is 11.8 Å². The number of carbonyl (C=O) groups excluding carboxylic acids is 2. The predicted octanol–water partition coefficient (Wildman–Crippen LogP) is 3.79. The summed E-state index contributed by atoms with van der Waals surface area (Å²) in [6.07, 6.45) is 2.12. The quantitative estimate of drug-likeness (QED) is 0.612. The zero-order valence-electron chi connectivity index (χ0n) is 16.5. The molecule has 0 unspecified atom stereocenters. The van der Waals surface area contributed by atoms with Crippen LogP contribution in [-0.4, -0.2) is 51.3 Å². The van der Waals surface area contributed by atoms with E-state index >= 15 is 0 Å². The number of rotatable bonds is 4. The Morgan fingerprint density at radius 1 is 1.19 bits per heavy atom. The van der Waals surface area contributed by atoms with Gasteiger partial charge in [-0.1, -0.05) is 17.7 Å². The molecule has 1 aromatic carbocycles. The van der Waals surface area contributed by atoms with Crippen molar-refractivity contribution in [2.45, 2.75) is 12.8 Å². The summed E-state index contributed by atoms with van der Waals surface area (Å²) in [5, 5.41) is 1.31. The maximum atomic E-state index is 13.4. The van der Waals surface area contributed by atoms with Crippen molar-refractivity contribution in [3.05, 3.63) is 64.4 Å². The summed E-state index contributed by atoms with van der Waals surface area (Å²) in [6, 6.07) is 6.82. The third-order valence-corrected chi connectivity index (χ3v) is 5.84. The van der Waals surface area contributed by atoms with Crippen LogP contribution in [0.2, 0.25) is 5.02 Å². The molecule has 164 valence electrons. The number of hydrogen-bond acceptors (Lipinski definition) is 4. The lowest BCUT2D eigenvalue weighted by atomic mass is 10.1. The summed E-state index contributed by atoms with van der Waals surface area (Å²) in [5.74, 6) is 0.327. The monoisotopic (exact) mass is 466 g/mol. The molecule has 0 bridgehead atoms. The highest BCUT2D eigenvalue weighted by Gasteiger charge is 2.17. The largest absolute Gasteiger partial charge is 0.364 e. The lowest BCUT2D eigenvalue weighted by molar-refractivity contribution is -0.130. The molecule has 0 radical (unpaired) electrons. The van der Waals surface area contributed by atoms with E-state index in [1.54, 1.807) is 12.1 Å². The number of nitrogens with zero attached hydrogens (tertiary/aromatic N) is 2. The molecular formula is C21H21ClF2N4O2S. The third kappa shape index (κ3) is 6.41. The lowest BCUT2D eigenvalue weighted by Crippen LogP contribution is -2.38. The van der Waals surface area contributed by atoms with Crippen LogP contribution in [-0.2, 0) is 11.2 Å². The summed E-state index contributed by atoms with van der Waals surface area (Å²) >= 11 is 7.55. The van der Waals surface area contributed by atoms with Gasteiger partial charge in [0.05, 0.1) is 5.02 Å². The van der Waals surface area contributed by atoms with Crippen molar-refractivity contribution < 1.29 is 18.4 Å². The molecule has 3 aromatic rings. The minimum atomic E-state index is -0.587. The van der Waals surface area contributed by atoms with E-state index < -0.39 is 17.5 Å². The van der Waals surface area contributed by atoms with Crippen LogP contribution in [0.3, 0.4) is 0 Å². The minimum absolute atomic E-state index is 0.0547. The number of carbonyl (C=O) groups is 2. The first-order valence-corrected chi connectivity index (χ1v) is 11.1. The molecule has 1 aliphatic rings. The second-order valence-electron chi connectivity index (χ2n) is 6.87. The van der Waals surface area contributed by atoms with Crippen molar-refractivity contribution in [1.82, 2.24) is 14.9 Å². The molecule has 1 aliphatic heterocycles. The average Bonchev–Trinajstić information content (AvgIpc) is 3.18. The molecule has 0 saturated carbocycles. The second-order valence-corrected chi connectivity index (χ2v) is 8.53. The molecule has 2 aromatic heterocycles. The number of fused-ring (bicyclic) bond motifs is 1. The van der Waals surface area contributed by atoms with Gasteiger partial charge >= 0.3 is 0 Å². The fraction of sp³-hybridized carbons (Fsp3) is 0.286. The van der Waals surface area contributed by atoms with Crippen LogP contribution in [0.25, 0.3) is 11.0 Å². The average molecular weight is 467 g/mol. The van der Waals surface area contributed by atoms with E-state index in [9.17, 15) is 18.4 Å². The summed E-state index contributed by atoms with van der Waals surface area (Å²) in [4.78, 5) is 31.2. The van der Waals surface area contributed by atoms with Crippen molar-refractivity contribution in [2.75, 3.05) is 24.6 Å². The Kier molecular flexibility index (Phi) is 7.86. The topological polar surface area (TPSA) is 92.1 Å². The molecule has 1 saturated heterocycles. The maximum absolute atomic E-state index is 13.4. The Morgan fingerprint density at radius 2 is 1.94 bits per heavy atom. The summed E-state index contributed by atoms with van der Waals surface area (Å²) in [6.45, 7) is 1.55. The van der Waals surface area contributed by atoms with Crippen LogP contribution >= 0.6 is 23.4 Å². The first-order valence-electron chi connectivity index (χ1n) is 9.57. The smallest absolute Gasteiger partial charge is 0.265 e. The molecule has 4 rings (SSSR count). The number of amides is 2. The van der Waals surface area contributed by atoms with Crippen molar-refractivity contribution in [1.29, 1.82) is 0 Å². The van der Waals surface area contributed by atoms with Gasteiger partial charge in [-0.3, -0.25) is 9.59 Å². The SMILES string of the molecule is NC(=O)c1cc2cc(Cl)cnc2[nH]1.O=C(CCc1ccc(F)cc1F)N1CCSCC1. The van der Waals surface area contributed by atoms with E-state index in [0.717, 1.165) is 36.0 Å². The predicted molar refractivity (Wildman–Crippen MR) is 118 cm³/mol. The molecular weight excluding hydrogens is 446 g/mol. The first-order chi connectivity index (χ1) is 14.8. The second kappa shape index (κ2) is 10.6. The zero-order valence-corrected chi connectivity index (χ0v) is 18.1. The number of halogens is 3. The Balaban J connectivity index is 0.000000185. The van der Waals surface area contributed by atoms with Gasteiger partial charge in [-0.05, 0) is 30.2 Å². The number of benzene rings is 1. The van der Waals surface area contributed by atoms with Gasteiger partial charge in [0.25, 0.3) is 5.91 Å². The van der Waals surface area contributed by atoms with Gasteiger partial charge in [0.1, 0.15) is 23.0 Å². The van der Waals surface area contributed by atoms with Gasteiger partial charge < -0.3 is 15.6 Å². The van der Waals surface area contributed by atoms with E-state index in [2.05, 4.69) is 9.97 Å². The fourth-order valence-electron chi connectivity index (χ4n) is 3.06. The molecule has 3 N–H and O–H groups in total. The molecule has 3 heterocycles. The molecule has 0 spiro atoms. The summed E-state index contributed by atoms with van der Waals surface area (Å²) in [7, 11) is 0. The highest BCUT2D eigenvalue weighted by atomic mass is 35.5. The van der Waals surface area contributed by atoms with E-state index in [1.165, 1.54) is 18.3 Å². The first kappa shape index (κ1) is 23.0. The molecule has 10 heteroatoms. The number of pyridine rings is 1. The molecule has 31 heavy (non-hydrogen) atoms. The molecule has 2 amide bonds. The number of aromatic nitrogens is 2. The van der Waals surface area contributed by atoms with Crippen molar-refractivity contribution in [3.8, 4) is 0 Å². The number of aryl methyl sites for hydroxylation is 1. The number of aromatic amines is 1. The van der Waals surface area contributed by atoms with Gasteiger partial charge in [0.15, 0.2) is 0 Å². The Hall–Kier alpha value is -2.65. The molecule has 0 atom stereocenters. The van der Waals surface area contributed by atoms with Crippen molar-refractivity contribution in [3.63, 3.8) is 0 Å². The molecule has 0 aliphatic carbocycles. The minimum Gasteiger partial charge on any atom is -0.364 e. The van der Waals surface area contributed by atoms with Crippen LogP contribution in [0.4, 0.5) is 8.78 Å². The normalized spacial score (nSPS) is 13.6. The van der Waals surface area contributed by atoms with Gasteiger partial charge in [-0.25, -0.2) is 13.8 Å². The number of primary amides is 1. The standard InChI is InChI=1S/C13H15F2NOS.C8H6ClN3O/c14-11-3-1-10(12(15)9-11)2-4-13(17)16-5-7-18-8-6-16;9-5-1-4-2-6(7(10)13)12-8(4)11-3-5/h1,3,9H,2,4-8H2;1-3H,(H2,10,13)(H,11,12). The van der Waals surface area contributed by atoms with Crippen molar-refractivity contribution >= 4 is 46.2 Å². The lowest BCUT2D eigenvalue weighted by Gasteiger charge is -2.26.